The number of carbonyl (C=O) groups excluding carboxylic acids is 1. The highest BCUT2D eigenvalue weighted by Gasteiger charge is 2.31. The van der Waals surface area contributed by atoms with Crippen LogP contribution in [0.25, 0.3) is 0 Å². The fourth-order valence-corrected chi connectivity index (χ4v) is 4.51. The van der Waals surface area contributed by atoms with Crippen molar-refractivity contribution < 1.29 is 17.6 Å². The smallest absolute Gasteiger partial charge is 0.244 e. The van der Waals surface area contributed by atoms with Crippen molar-refractivity contribution in [3.63, 3.8) is 0 Å². The Kier molecular flexibility index (Phi) is 7.24. The lowest BCUT2D eigenvalue weighted by Crippen LogP contribution is -2.56. The van der Waals surface area contributed by atoms with E-state index in [1.165, 1.54) is 30.0 Å². The lowest BCUT2D eigenvalue weighted by molar-refractivity contribution is -0.134. The number of sulfonamides is 1. The molecule has 1 saturated heterocycles. The molecule has 6 nitrogen and oxygen atoms in total. The van der Waals surface area contributed by atoms with Gasteiger partial charge in [0.2, 0.25) is 15.9 Å². The maximum atomic E-state index is 13.9. The molecule has 1 aliphatic rings. The summed E-state index contributed by atoms with van der Waals surface area (Å²) in [6, 6.07) is 4.41. The number of hydrogen-bond acceptors (Lipinski definition) is 5. The molecule has 0 saturated carbocycles. The Balaban J connectivity index is 2.19. The van der Waals surface area contributed by atoms with E-state index >= 15 is 0 Å². The van der Waals surface area contributed by atoms with Gasteiger partial charge in [0.25, 0.3) is 0 Å². The molecule has 140 valence electrons. The summed E-state index contributed by atoms with van der Waals surface area (Å²) < 4.78 is 41.3. The minimum atomic E-state index is -4.12. The first kappa shape index (κ1) is 20.2. The highest BCUT2D eigenvalue weighted by atomic mass is 32.2. The minimum Gasteiger partial charge on any atom is -0.338 e. The average molecular weight is 390 g/mol. The van der Waals surface area contributed by atoms with E-state index in [4.69, 9.17) is 0 Å². The van der Waals surface area contributed by atoms with Crippen LogP contribution in [-0.2, 0) is 14.8 Å². The molecule has 1 unspecified atom stereocenters. The van der Waals surface area contributed by atoms with Crippen LogP contribution in [0.2, 0.25) is 0 Å². The molecule has 0 aromatic heterocycles. The van der Waals surface area contributed by atoms with Crippen LogP contribution in [0, 0.1) is 5.82 Å². The summed E-state index contributed by atoms with van der Waals surface area (Å²) >= 11 is 1.53. The number of nitrogens with zero attached hydrogens (tertiary/aromatic N) is 1. The van der Waals surface area contributed by atoms with Crippen molar-refractivity contribution in [3.05, 3.63) is 30.1 Å². The third-order valence-electron chi connectivity index (χ3n) is 4.01. The van der Waals surface area contributed by atoms with Crippen LogP contribution in [0.1, 0.15) is 13.3 Å². The number of nitrogens with one attached hydrogen (secondary N) is 2. The normalized spacial score (nSPS) is 19.6. The maximum Gasteiger partial charge on any atom is 0.244 e. The number of halogens is 1. The predicted octanol–water partition coefficient (Wildman–Crippen LogP) is 1.05. The molecule has 1 aromatic carbocycles. The van der Waals surface area contributed by atoms with Gasteiger partial charge in [0.05, 0.1) is 0 Å². The molecule has 2 atom stereocenters. The van der Waals surface area contributed by atoms with Gasteiger partial charge >= 0.3 is 0 Å². The fourth-order valence-electron chi connectivity index (χ4n) is 2.73. The van der Waals surface area contributed by atoms with E-state index in [2.05, 4.69) is 10.0 Å². The summed E-state index contributed by atoms with van der Waals surface area (Å²) in [5.41, 5.74) is 0. The van der Waals surface area contributed by atoms with Crippen molar-refractivity contribution in [1.29, 1.82) is 0 Å². The maximum absolute atomic E-state index is 13.9. The lowest BCUT2D eigenvalue weighted by atomic mass is 10.1. The van der Waals surface area contributed by atoms with Gasteiger partial charge in [-0.15, -0.1) is 0 Å². The molecule has 0 spiro atoms. The van der Waals surface area contributed by atoms with E-state index in [0.717, 1.165) is 6.07 Å². The zero-order valence-corrected chi connectivity index (χ0v) is 16.0. The monoisotopic (exact) mass is 389 g/mol. The van der Waals surface area contributed by atoms with Crippen LogP contribution >= 0.6 is 11.8 Å². The van der Waals surface area contributed by atoms with Crippen LogP contribution in [0.3, 0.4) is 0 Å². The Bertz CT molecular complexity index is 700. The largest absolute Gasteiger partial charge is 0.338 e. The minimum absolute atomic E-state index is 0.155. The number of amides is 1. The number of benzene rings is 1. The van der Waals surface area contributed by atoms with Gasteiger partial charge in [-0.3, -0.25) is 4.79 Å². The van der Waals surface area contributed by atoms with E-state index in [1.54, 1.807) is 4.90 Å². The average Bonchev–Trinajstić information content (AvgIpc) is 2.58. The molecule has 1 fully saturated rings. The Morgan fingerprint density at radius 3 is 2.84 bits per heavy atom. The van der Waals surface area contributed by atoms with E-state index in [9.17, 15) is 17.6 Å². The molecule has 1 aromatic rings. The van der Waals surface area contributed by atoms with Gasteiger partial charge in [0, 0.05) is 25.7 Å². The Labute approximate surface area is 152 Å². The summed E-state index contributed by atoms with van der Waals surface area (Å²) in [5, 5.41) is 3.24. The SMILES string of the molecule is CSCCC(NS(=O)(=O)c1ccccc1F)C(=O)N1CCN[C@H](C)C1. The molecule has 0 bridgehead atoms. The van der Waals surface area contributed by atoms with Crippen molar-refractivity contribution in [2.45, 2.75) is 30.3 Å². The standard InChI is InChI=1S/C16H24FN3O3S2/c1-12-11-20(9-8-18-12)16(21)14(7-10-24-2)19-25(22,23)15-6-4-3-5-13(15)17/h3-6,12,14,18-19H,7-11H2,1-2H3/t12-,14?/m1/s1. The summed E-state index contributed by atoms with van der Waals surface area (Å²) in [7, 11) is -4.12. The Morgan fingerprint density at radius 2 is 2.20 bits per heavy atom. The zero-order valence-electron chi connectivity index (χ0n) is 14.4. The summed E-state index contributed by atoms with van der Waals surface area (Å²) in [4.78, 5) is 14.0. The van der Waals surface area contributed by atoms with Crippen molar-refractivity contribution >= 4 is 27.7 Å². The number of carbonyl (C=O) groups is 1. The zero-order chi connectivity index (χ0) is 18.4. The van der Waals surface area contributed by atoms with Crippen LogP contribution in [0.5, 0.6) is 0 Å². The predicted molar refractivity (Wildman–Crippen MR) is 97.6 cm³/mol. The van der Waals surface area contributed by atoms with Gasteiger partial charge in [0.15, 0.2) is 0 Å². The lowest BCUT2D eigenvalue weighted by Gasteiger charge is -2.34. The Morgan fingerprint density at radius 1 is 1.48 bits per heavy atom. The molecule has 0 aliphatic carbocycles. The van der Waals surface area contributed by atoms with E-state index in [-0.39, 0.29) is 11.9 Å². The van der Waals surface area contributed by atoms with Crippen molar-refractivity contribution in [3.8, 4) is 0 Å². The molecule has 2 N–H and O–H groups in total. The summed E-state index contributed by atoms with van der Waals surface area (Å²) in [6.07, 6.45) is 2.24. The number of piperazine rings is 1. The van der Waals surface area contributed by atoms with E-state index < -0.39 is 26.8 Å². The number of thioether (sulfide) groups is 1. The topological polar surface area (TPSA) is 78.5 Å². The van der Waals surface area contributed by atoms with Crippen LogP contribution in [0.15, 0.2) is 29.2 Å². The summed E-state index contributed by atoms with van der Waals surface area (Å²) in [5.74, 6) is -0.470. The Hall–Kier alpha value is -1.16. The second-order valence-electron chi connectivity index (χ2n) is 6.03. The van der Waals surface area contributed by atoms with Crippen LogP contribution in [-0.4, -0.2) is 63.0 Å². The van der Waals surface area contributed by atoms with Gasteiger partial charge in [0.1, 0.15) is 16.8 Å². The van der Waals surface area contributed by atoms with Gasteiger partial charge in [-0.1, -0.05) is 12.1 Å². The molecule has 2 rings (SSSR count). The first-order chi connectivity index (χ1) is 11.8. The molecule has 1 heterocycles. The second-order valence-corrected chi connectivity index (χ2v) is 8.69. The van der Waals surface area contributed by atoms with E-state index in [0.29, 0.717) is 31.8 Å². The first-order valence-corrected chi connectivity index (χ1v) is 11.0. The van der Waals surface area contributed by atoms with Crippen molar-refractivity contribution in [2.24, 2.45) is 0 Å². The highest BCUT2D eigenvalue weighted by molar-refractivity contribution is 7.98. The molecule has 0 radical (unpaired) electrons. The van der Waals surface area contributed by atoms with Gasteiger partial charge in [-0.05, 0) is 37.5 Å². The first-order valence-electron chi connectivity index (χ1n) is 8.13. The molecule has 1 aliphatic heterocycles. The van der Waals surface area contributed by atoms with Crippen molar-refractivity contribution in [2.75, 3.05) is 31.6 Å². The quantitative estimate of drug-likeness (QED) is 0.729. The van der Waals surface area contributed by atoms with Crippen LogP contribution in [0.4, 0.5) is 4.39 Å². The van der Waals surface area contributed by atoms with Gasteiger partial charge in [-0.2, -0.15) is 16.5 Å². The molecule has 25 heavy (non-hydrogen) atoms. The molecule has 9 heteroatoms. The second kappa shape index (κ2) is 8.98. The molecule has 1 amide bonds. The third-order valence-corrected chi connectivity index (χ3v) is 6.16. The van der Waals surface area contributed by atoms with Gasteiger partial charge in [-0.25, -0.2) is 12.8 Å². The molecular weight excluding hydrogens is 365 g/mol. The fraction of sp³-hybridized carbons (Fsp3) is 0.562. The third kappa shape index (κ3) is 5.40. The highest BCUT2D eigenvalue weighted by Crippen LogP contribution is 2.16. The molecular formula is C16H24FN3O3S2. The number of rotatable bonds is 7. The van der Waals surface area contributed by atoms with Gasteiger partial charge < -0.3 is 10.2 Å². The van der Waals surface area contributed by atoms with E-state index in [1.807, 2.05) is 13.2 Å². The van der Waals surface area contributed by atoms with Crippen LogP contribution < -0.4 is 10.0 Å². The number of hydrogen-bond donors (Lipinski definition) is 2. The van der Waals surface area contributed by atoms with Crippen molar-refractivity contribution in [1.82, 2.24) is 14.9 Å². The summed E-state index contributed by atoms with van der Waals surface area (Å²) in [6.45, 7) is 3.69.